The molecule has 35 heavy (non-hydrogen) atoms. The molecule has 0 aromatic carbocycles. The number of aryl methyl sites for hydroxylation is 1. The lowest BCUT2D eigenvalue weighted by Gasteiger charge is -2.34. The van der Waals surface area contributed by atoms with E-state index in [0.29, 0.717) is 13.0 Å². The fourth-order valence-electron chi connectivity index (χ4n) is 3.89. The van der Waals surface area contributed by atoms with Gasteiger partial charge in [0.1, 0.15) is 11.7 Å². The number of hydrogen-bond donors (Lipinski definition) is 2. The van der Waals surface area contributed by atoms with Gasteiger partial charge in [-0.2, -0.15) is 0 Å². The molecule has 0 amide bonds. The van der Waals surface area contributed by atoms with Gasteiger partial charge in [-0.15, -0.1) is 0 Å². The van der Waals surface area contributed by atoms with Crippen LogP contribution in [-0.2, 0) is 33.8 Å². The summed E-state index contributed by atoms with van der Waals surface area (Å²) in [5.74, 6) is -1.23. The number of rotatable bonds is 14. The number of ether oxygens (including phenoxy) is 4. The van der Waals surface area contributed by atoms with Crippen molar-refractivity contribution in [2.75, 3.05) is 32.6 Å². The summed E-state index contributed by atoms with van der Waals surface area (Å²) in [7, 11) is -2.59. The molecule has 1 aliphatic heterocycles. The van der Waals surface area contributed by atoms with Crippen LogP contribution in [0.1, 0.15) is 58.2 Å². The Morgan fingerprint density at radius 1 is 1.23 bits per heavy atom. The molecule has 0 aliphatic carbocycles. The molecule has 12 nitrogen and oxygen atoms in total. The van der Waals surface area contributed by atoms with Gasteiger partial charge in [0.15, 0.2) is 12.3 Å². The summed E-state index contributed by atoms with van der Waals surface area (Å²) in [5, 5.41) is 0. The summed E-state index contributed by atoms with van der Waals surface area (Å²) in [4.78, 5) is 38.9. The van der Waals surface area contributed by atoms with Crippen LogP contribution in [0.2, 0.25) is 0 Å². The first-order chi connectivity index (χ1) is 16.5. The van der Waals surface area contributed by atoms with Crippen LogP contribution in [0, 0.1) is 6.92 Å². The van der Waals surface area contributed by atoms with Crippen molar-refractivity contribution in [1.29, 1.82) is 0 Å². The average Bonchev–Trinajstić information content (AvgIpc) is 3.06. The highest BCUT2D eigenvalue weighted by Crippen LogP contribution is 2.42. The normalized spacial score (nSPS) is 24.5. The Morgan fingerprint density at radius 2 is 1.89 bits per heavy atom. The van der Waals surface area contributed by atoms with Crippen molar-refractivity contribution in [3.63, 3.8) is 0 Å². The van der Waals surface area contributed by atoms with Gasteiger partial charge >= 0.3 is 11.7 Å². The van der Waals surface area contributed by atoms with Crippen molar-refractivity contribution in [2.45, 2.75) is 77.4 Å². The Balaban J connectivity index is 2.66. The van der Waals surface area contributed by atoms with Crippen molar-refractivity contribution < 1.29 is 32.2 Å². The van der Waals surface area contributed by atoms with E-state index in [-0.39, 0.29) is 18.8 Å². The van der Waals surface area contributed by atoms with Crippen LogP contribution < -0.4 is 16.0 Å². The van der Waals surface area contributed by atoms with E-state index >= 15 is 0 Å². The monoisotopic (exact) mass is 519 g/mol. The van der Waals surface area contributed by atoms with E-state index in [0.717, 1.165) is 23.8 Å². The second-order valence-corrected chi connectivity index (χ2v) is 10.6. The molecule has 2 heterocycles. The number of sulfonamides is 1. The molecule has 1 unspecified atom stereocenters. The lowest BCUT2D eigenvalue weighted by molar-refractivity contribution is -0.158. The lowest BCUT2D eigenvalue weighted by Crippen LogP contribution is -2.55. The smallest absolute Gasteiger partial charge is 0.330 e. The van der Waals surface area contributed by atoms with Crippen LogP contribution in [-0.4, -0.2) is 74.4 Å². The van der Waals surface area contributed by atoms with Gasteiger partial charge in [0.2, 0.25) is 10.0 Å². The molecule has 1 fully saturated rings. The number of unbranched alkanes of at least 4 members (excludes halogenated alkanes) is 2. The van der Waals surface area contributed by atoms with Crippen molar-refractivity contribution in [3.05, 3.63) is 32.6 Å². The topological polar surface area (TPSA) is 155 Å². The largest absolute Gasteiger partial charge is 0.455 e. The SMILES string of the molecule is CCCCOC[C@]1(CS(=O)(=O)NC)O[C@@H](n2cc(C)c(=O)[nH]c2=O)[C@@H](OC(C)=O)C1OCCCC. The van der Waals surface area contributed by atoms with Gasteiger partial charge in [-0.1, -0.05) is 26.7 Å². The van der Waals surface area contributed by atoms with Crippen LogP contribution in [0.15, 0.2) is 15.8 Å². The summed E-state index contributed by atoms with van der Waals surface area (Å²) in [6, 6.07) is 0. The average molecular weight is 520 g/mol. The number of hydrogen-bond acceptors (Lipinski definition) is 9. The minimum atomic E-state index is -3.87. The Labute approximate surface area is 205 Å². The van der Waals surface area contributed by atoms with E-state index < -0.39 is 57.0 Å². The molecule has 1 aromatic rings. The summed E-state index contributed by atoms with van der Waals surface area (Å²) in [6.07, 6.45) is 0.831. The third-order valence-electron chi connectivity index (χ3n) is 5.70. The number of H-pyrrole nitrogens is 1. The maximum absolute atomic E-state index is 12.7. The number of aromatic nitrogens is 2. The third kappa shape index (κ3) is 7.46. The van der Waals surface area contributed by atoms with Gasteiger partial charge in [0, 0.05) is 31.9 Å². The second-order valence-electron chi connectivity index (χ2n) is 8.64. The number of nitrogens with zero attached hydrogens (tertiary/aromatic N) is 1. The zero-order valence-corrected chi connectivity index (χ0v) is 21.8. The molecule has 2 rings (SSSR count). The number of carbonyl (C=O) groups excluding carboxylic acids is 1. The number of aromatic amines is 1. The molecular weight excluding hydrogens is 482 g/mol. The molecule has 0 saturated carbocycles. The molecule has 0 spiro atoms. The van der Waals surface area contributed by atoms with Crippen LogP contribution in [0.4, 0.5) is 0 Å². The van der Waals surface area contributed by atoms with Crippen molar-refractivity contribution in [1.82, 2.24) is 14.3 Å². The fraction of sp³-hybridized carbons (Fsp3) is 0.773. The number of nitrogens with one attached hydrogen (secondary N) is 2. The van der Waals surface area contributed by atoms with Gasteiger partial charge in [0.05, 0.1) is 12.4 Å². The highest BCUT2D eigenvalue weighted by molar-refractivity contribution is 7.89. The minimum Gasteiger partial charge on any atom is -0.455 e. The lowest BCUT2D eigenvalue weighted by atomic mass is 9.97. The molecule has 0 bridgehead atoms. The highest BCUT2D eigenvalue weighted by Gasteiger charge is 2.60. The quantitative estimate of drug-likeness (QED) is 0.265. The van der Waals surface area contributed by atoms with Crippen LogP contribution in [0.25, 0.3) is 0 Å². The Hall–Kier alpha value is -2.06. The summed E-state index contributed by atoms with van der Waals surface area (Å²) in [6.45, 7) is 7.07. The highest BCUT2D eigenvalue weighted by atomic mass is 32.2. The van der Waals surface area contributed by atoms with Crippen molar-refractivity contribution in [3.8, 4) is 0 Å². The minimum absolute atomic E-state index is 0.184. The Kier molecular flexibility index (Phi) is 10.6. The van der Waals surface area contributed by atoms with Crippen molar-refractivity contribution in [2.24, 2.45) is 0 Å². The van der Waals surface area contributed by atoms with Gasteiger partial charge in [0.25, 0.3) is 5.56 Å². The van der Waals surface area contributed by atoms with Gasteiger partial charge in [-0.25, -0.2) is 17.9 Å². The zero-order valence-electron chi connectivity index (χ0n) is 21.0. The Morgan fingerprint density at radius 3 is 2.49 bits per heavy atom. The molecular formula is C22H37N3O9S. The van der Waals surface area contributed by atoms with Crippen molar-refractivity contribution >= 4 is 16.0 Å². The summed E-state index contributed by atoms with van der Waals surface area (Å²) in [5.41, 5.74) is -2.76. The maximum Gasteiger partial charge on any atom is 0.330 e. The zero-order chi connectivity index (χ0) is 26.2. The first-order valence-corrected chi connectivity index (χ1v) is 13.4. The van der Waals surface area contributed by atoms with Crippen LogP contribution in [0.5, 0.6) is 0 Å². The molecule has 13 heteroatoms. The maximum atomic E-state index is 12.7. The predicted molar refractivity (Wildman–Crippen MR) is 128 cm³/mol. The third-order valence-corrected chi connectivity index (χ3v) is 7.20. The fourth-order valence-corrected chi connectivity index (χ4v) is 4.99. The van der Waals surface area contributed by atoms with E-state index in [9.17, 15) is 22.8 Å². The van der Waals surface area contributed by atoms with E-state index in [1.807, 2.05) is 13.8 Å². The van der Waals surface area contributed by atoms with E-state index in [4.69, 9.17) is 18.9 Å². The first-order valence-electron chi connectivity index (χ1n) is 11.8. The molecule has 1 aliphatic rings. The van der Waals surface area contributed by atoms with Crippen LogP contribution >= 0.6 is 0 Å². The summed E-state index contributed by atoms with van der Waals surface area (Å²) >= 11 is 0. The van der Waals surface area contributed by atoms with Gasteiger partial charge in [-0.3, -0.25) is 19.1 Å². The van der Waals surface area contributed by atoms with E-state index in [2.05, 4.69) is 9.71 Å². The van der Waals surface area contributed by atoms with E-state index in [1.165, 1.54) is 27.1 Å². The molecule has 2 N–H and O–H groups in total. The predicted octanol–water partition coefficient (Wildman–Crippen LogP) is 0.596. The van der Waals surface area contributed by atoms with Gasteiger partial charge < -0.3 is 18.9 Å². The molecule has 1 aromatic heterocycles. The first kappa shape index (κ1) is 29.2. The number of carbonyl (C=O) groups is 1. The molecule has 0 radical (unpaired) electrons. The standard InChI is InChI=1S/C22H37N3O9S/c1-6-8-10-31-13-22(14-35(29,30)23-5)18(32-11-9-7-2)17(33-16(4)26)20(34-22)25-12-15(3)19(27)24-21(25)28/h12,17-18,20,23H,6-11,13-14H2,1-5H3,(H,24,27,28)/t17-,18?,20+,22+/m0/s1. The van der Waals surface area contributed by atoms with Gasteiger partial charge in [-0.05, 0) is 26.8 Å². The summed E-state index contributed by atoms with van der Waals surface area (Å²) < 4.78 is 52.6. The van der Waals surface area contributed by atoms with Crippen LogP contribution in [0.3, 0.4) is 0 Å². The second kappa shape index (κ2) is 12.8. The Bertz CT molecular complexity index is 1070. The van der Waals surface area contributed by atoms with E-state index in [1.54, 1.807) is 0 Å². The molecule has 4 atom stereocenters. The number of esters is 1. The molecule has 200 valence electrons. The molecule has 1 saturated heterocycles.